The number of pyridine rings is 1. The first-order valence-electron chi connectivity index (χ1n) is 10.3. The van der Waals surface area contributed by atoms with Crippen LogP contribution in [0.1, 0.15) is 21.5 Å². The lowest BCUT2D eigenvalue weighted by Crippen LogP contribution is -2.32. The standard InChI is InChI=1S/C23H18ClF3N4O4S/c1-30-13-16-4-3-14(9-20(16)29-30)12-31(21-19(24)10-17(11-28-21)23(25,26)27)36(33,34)18-7-5-15(6-8-18)22(32)35-2/h3-11,13H,12H2,1-2H3. The summed E-state index contributed by atoms with van der Waals surface area (Å²) >= 11 is 6.13. The highest BCUT2D eigenvalue weighted by atomic mass is 35.5. The highest BCUT2D eigenvalue weighted by Crippen LogP contribution is 2.36. The number of nitrogens with zero attached hydrogens (tertiary/aromatic N) is 4. The summed E-state index contributed by atoms with van der Waals surface area (Å²) in [5.41, 5.74) is 0.0928. The Bertz CT molecular complexity index is 1550. The van der Waals surface area contributed by atoms with Gasteiger partial charge in [-0.3, -0.25) is 4.68 Å². The number of rotatable bonds is 6. The van der Waals surface area contributed by atoms with Gasteiger partial charge in [-0.05, 0) is 42.0 Å². The fourth-order valence-electron chi connectivity index (χ4n) is 3.50. The summed E-state index contributed by atoms with van der Waals surface area (Å²) in [5.74, 6) is -1.05. The Morgan fingerprint density at radius 3 is 2.44 bits per heavy atom. The van der Waals surface area contributed by atoms with Crippen molar-refractivity contribution >= 4 is 44.3 Å². The third-order valence-corrected chi connectivity index (χ3v) is 7.29. The van der Waals surface area contributed by atoms with E-state index in [0.717, 1.165) is 9.69 Å². The summed E-state index contributed by atoms with van der Waals surface area (Å²) < 4.78 is 73.8. The number of methoxy groups -OCH3 is 1. The second-order valence-electron chi connectivity index (χ2n) is 7.75. The van der Waals surface area contributed by atoms with Gasteiger partial charge in [-0.25, -0.2) is 22.5 Å². The number of esters is 1. The number of hydrogen-bond acceptors (Lipinski definition) is 6. The van der Waals surface area contributed by atoms with Crippen molar-refractivity contribution in [2.24, 2.45) is 7.05 Å². The Morgan fingerprint density at radius 2 is 1.83 bits per heavy atom. The second kappa shape index (κ2) is 9.43. The normalized spacial score (nSPS) is 12.1. The van der Waals surface area contributed by atoms with Crippen LogP contribution in [0.2, 0.25) is 5.02 Å². The molecule has 0 amide bonds. The number of hydrogen-bond donors (Lipinski definition) is 0. The van der Waals surface area contributed by atoms with Gasteiger partial charge in [-0.15, -0.1) is 0 Å². The molecule has 0 radical (unpaired) electrons. The zero-order chi connectivity index (χ0) is 26.3. The summed E-state index contributed by atoms with van der Waals surface area (Å²) in [6.07, 6.45) is -2.41. The van der Waals surface area contributed by atoms with Gasteiger partial charge in [-0.2, -0.15) is 18.3 Å². The Labute approximate surface area is 208 Å². The maximum atomic E-state index is 13.7. The quantitative estimate of drug-likeness (QED) is 0.327. The third kappa shape index (κ3) is 5.00. The van der Waals surface area contributed by atoms with Crippen molar-refractivity contribution in [3.8, 4) is 0 Å². The molecular weight excluding hydrogens is 521 g/mol. The molecule has 13 heteroatoms. The Hall–Kier alpha value is -3.64. The Kier molecular flexibility index (Phi) is 6.67. The summed E-state index contributed by atoms with van der Waals surface area (Å²) in [6, 6.07) is 10.6. The van der Waals surface area contributed by atoms with Crippen LogP contribution in [0.5, 0.6) is 0 Å². The van der Waals surface area contributed by atoms with Crippen LogP contribution in [-0.2, 0) is 34.5 Å². The van der Waals surface area contributed by atoms with Gasteiger partial charge in [0.05, 0.1) is 40.2 Å². The molecule has 4 rings (SSSR count). The number of halogens is 4. The molecule has 0 aliphatic heterocycles. The molecule has 0 atom stereocenters. The third-order valence-electron chi connectivity index (χ3n) is 5.26. The van der Waals surface area contributed by atoms with Gasteiger partial charge >= 0.3 is 12.1 Å². The smallest absolute Gasteiger partial charge is 0.417 e. The molecule has 0 saturated heterocycles. The average Bonchev–Trinajstić information content (AvgIpc) is 3.21. The maximum Gasteiger partial charge on any atom is 0.417 e. The predicted molar refractivity (Wildman–Crippen MR) is 126 cm³/mol. The van der Waals surface area contributed by atoms with Crippen molar-refractivity contribution < 1.29 is 31.1 Å². The fraction of sp³-hybridized carbons (Fsp3) is 0.174. The number of benzene rings is 2. The van der Waals surface area contributed by atoms with Crippen molar-refractivity contribution in [2.45, 2.75) is 17.6 Å². The highest BCUT2D eigenvalue weighted by molar-refractivity contribution is 7.92. The van der Waals surface area contributed by atoms with Crippen LogP contribution < -0.4 is 4.31 Å². The maximum absolute atomic E-state index is 13.7. The number of aromatic nitrogens is 3. The number of aryl methyl sites for hydroxylation is 1. The minimum atomic E-state index is -4.72. The van der Waals surface area contributed by atoms with E-state index in [2.05, 4.69) is 14.8 Å². The predicted octanol–water partition coefficient (Wildman–Crippen LogP) is 4.82. The molecule has 188 valence electrons. The molecular formula is C23H18ClF3N4O4S. The van der Waals surface area contributed by atoms with Gasteiger partial charge in [0.2, 0.25) is 0 Å². The van der Waals surface area contributed by atoms with Gasteiger partial charge in [0.15, 0.2) is 5.82 Å². The molecule has 0 unspecified atom stereocenters. The lowest BCUT2D eigenvalue weighted by atomic mass is 10.1. The largest absolute Gasteiger partial charge is 0.465 e. The summed E-state index contributed by atoms with van der Waals surface area (Å²) in [6.45, 7) is -0.300. The van der Waals surface area contributed by atoms with Crippen LogP contribution in [0.4, 0.5) is 19.0 Å². The molecule has 4 aromatic rings. The van der Waals surface area contributed by atoms with E-state index in [1.165, 1.54) is 31.4 Å². The molecule has 0 aliphatic rings. The van der Waals surface area contributed by atoms with E-state index < -0.39 is 32.8 Å². The average molecular weight is 539 g/mol. The van der Waals surface area contributed by atoms with Crippen LogP contribution >= 0.6 is 11.6 Å². The van der Waals surface area contributed by atoms with Crippen molar-refractivity contribution in [3.63, 3.8) is 0 Å². The highest BCUT2D eigenvalue weighted by Gasteiger charge is 2.34. The Morgan fingerprint density at radius 1 is 1.14 bits per heavy atom. The number of ether oxygens (including phenoxy) is 1. The molecule has 0 saturated carbocycles. The number of carbonyl (C=O) groups excluding carboxylic acids is 1. The van der Waals surface area contributed by atoms with E-state index in [1.807, 2.05) is 0 Å². The van der Waals surface area contributed by atoms with Crippen LogP contribution in [0.25, 0.3) is 10.9 Å². The lowest BCUT2D eigenvalue weighted by molar-refractivity contribution is -0.137. The monoisotopic (exact) mass is 538 g/mol. The molecule has 2 heterocycles. The zero-order valence-electron chi connectivity index (χ0n) is 18.8. The van der Waals surface area contributed by atoms with Gasteiger partial charge in [0, 0.05) is 24.8 Å². The zero-order valence-corrected chi connectivity index (χ0v) is 20.4. The second-order valence-corrected chi connectivity index (χ2v) is 10.0. The first-order valence-corrected chi connectivity index (χ1v) is 12.1. The minimum absolute atomic E-state index is 0.120. The van der Waals surface area contributed by atoms with Gasteiger partial charge in [0.1, 0.15) is 0 Å². The molecule has 0 N–H and O–H groups in total. The van der Waals surface area contributed by atoms with Crippen LogP contribution in [0.15, 0.2) is 65.8 Å². The van der Waals surface area contributed by atoms with Crippen molar-refractivity contribution in [2.75, 3.05) is 11.4 Å². The first kappa shape index (κ1) is 25.5. The van der Waals surface area contributed by atoms with E-state index in [9.17, 15) is 26.4 Å². The molecule has 0 spiro atoms. The summed E-state index contributed by atoms with van der Waals surface area (Å²) in [5, 5.41) is 4.62. The Balaban J connectivity index is 1.81. The molecule has 36 heavy (non-hydrogen) atoms. The summed E-state index contributed by atoms with van der Waals surface area (Å²) in [4.78, 5) is 15.3. The molecule has 8 nitrogen and oxygen atoms in total. The number of alkyl halides is 3. The van der Waals surface area contributed by atoms with Gasteiger partial charge in [-0.1, -0.05) is 23.7 Å². The molecule has 2 aromatic carbocycles. The van der Waals surface area contributed by atoms with Crippen molar-refractivity contribution in [1.29, 1.82) is 0 Å². The van der Waals surface area contributed by atoms with Crippen LogP contribution in [-0.4, -0.2) is 36.3 Å². The van der Waals surface area contributed by atoms with Crippen molar-refractivity contribution in [1.82, 2.24) is 14.8 Å². The van der Waals surface area contributed by atoms with Crippen LogP contribution in [0, 0.1) is 0 Å². The molecule has 0 bridgehead atoms. The van der Waals surface area contributed by atoms with E-state index in [1.54, 1.807) is 36.1 Å². The number of sulfonamides is 1. The molecule has 2 aromatic heterocycles. The van der Waals surface area contributed by atoms with Gasteiger partial charge in [0.25, 0.3) is 10.0 Å². The molecule has 0 aliphatic carbocycles. The topological polar surface area (TPSA) is 94.4 Å². The van der Waals surface area contributed by atoms with E-state index in [-0.39, 0.29) is 22.8 Å². The number of carbonyl (C=O) groups is 1. The van der Waals surface area contributed by atoms with Gasteiger partial charge < -0.3 is 4.74 Å². The minimum Gasteiger partial charge on any atom is -0.465 e. The van der Waals surface area contributed by atoms with Crippen LogP contribution in [0.3, 0.4) is 0 Å². The number of fused-ring (bicyclic) bond motifs is 1. The summed E-state index contributed by atoms with van der Waals surface area (Å²) in [7, 11) is -1.47. The SMILES string of the molecule is COC(=O)c1ccc(S(=O)(=O)N(Cc2ccc3cn(C)nc3c2)c2ncc(C(F)(F)F)cc2Cl)cc1. The van der Waals surface area contributed by atoms with E-state index in [4.69, 9.17) is 11.6 Å². The van der Waals surface area contributed by atoms with E-state index in [0.29, 0.717) is 23.3 Å². The fourth-order valence-corrected chi connectivity index (χ4v) is 5.25. The number of anilines is 1. The first-order chi connectivity index (χ1) is 16.9. The lowest BCUT2D eigenvalue weighted by Gasteiger charge is -2.25. The van der Waals surface area contributed by atoms with Crippen molar-refractivity contribution in [3.05, 3.63) is 82.6 Å². The molecule has 0 fully saturated rings. The van der Waals surface area contributed by atoms with E-state index >= 15 is 0 Å².